The van der Waals surface area contributed by atoms with E-state index in [-0.39, 0.29) is 0 Å². The molecule has 4 heteroatoms. The molecule has 0 aromatic heterocycles. The first-order valence-corrected chi connectivity index (χ1v) is 8.61. The minimum Gasteiger partial charge on any atom is -0.493 e. The van der Waals surface area contributed by atoms with Gasteiger partial charge in [0.1, 0.15) is 0 Å². The van der Waals surface area contributed by atoms with E-state index in [4.69, 9.17) is 9.47 Å². The Hall–Kier alpha value is -2.51. The molecule has 0 N–H and O–H groups in total. The molecule has 0 bridgehead atoms. The molecule has 25 heavy (non-hydrogen) atoms. The Bertz CT molecular complexity index is 744. The molecule has 0 spiro atoms. The Morgan fingerprint density at radius 1 is 1.00 bits per heavy atom. The molecule has 1 heterocycles. The molecule has 2 aromatic carbocycles. The van der Waals surface area contributed by atoms with E-state index in [1.807, 2.05) is 24.3 Å². The van der Waals surface area contributed by atoms with Gasteiger partial charge in [-0.1, -0.05) is 36.4 Å². The summed E-state index contributed by atoms with van der Waals surface area (Å²) in [5, 5.41) is 9.92. The first-order chi connectivity index (χ1) is 12.2. The molecule has 0 radical (unpaired) electrons. The minimum atomic E-state index is -0.452. The maximum atomic E-state index is 9.92. The van der Waals surface area contributed by atoms with Crippen LogP contribution in [0.1, 0.15) is 24.0 Å². The molecule has 0 saturated carbocycles. The standard InChI is InChI=1S/C21H24N2O2/c1-24-19-9-8-18(14-20(19)25-2)21(16-22)10-12-23(13-11-21)15-17-6-4-3-5-7-17/h3-9,14H,10-13,15H2,1-2H3. The van der Waals surface area contributed by atoms with Crippen LogP contribution in [0.4, 0.5) is 0 Å². The molecule has 1 saturated heterocycles. The fraction of sp³-hybridized carbons (Fsp3) is 0.381. The smallest absolute Gasteiger partial charge is 0.161 e. The number of rotatable bonds is 5. The lowest BCUT2D eigenvalue weighted by Crippen LogP contribution is -2.41. The molecule has 1 aliphatic rings. The van der Waals surface area contributed by atoms with Gasteiger partial charge in [0.25, 0.3) is 0 Å². The summed E-state index contributed by atoms with van der Waals surface area (Å²) in [6.45, 7) is 2.77. The lowest BCUT2D eigenvalue weighted by Gasteiger charge is -2.37. The number of nitriles is 1. The summed E-state index contributed by atoms with van der Waals surface area (Å²) in [5.41, 5.74) is 1.89. The molecule has 3 rings (SSSR count). The van der Waals surface area contributed by atoms with Crippen molar-refractivity contribution >= 4 is 0 Å². The average molecular weight is 336 g/mol. The van der Waals surface area contributed by atoms with E-state index in [9.17, 15) is 5.26 Å². The summed E-state index contributed by atoms with van der Waals surface area (Å²) < 4.78 is 10.7. The SMILES string of the molecule is COc1ccc(C2(C#N)CCN(Cc3ccccc3)CC2)cc1OC. The number of piperidine rings is 1. The van der Waals surface area contributed by atoms with E-state index in [1.165, 1.54) is 5.56 Å². The summed E-state index contributed by atoms with van der Waals surface area (Å²) in [7, 11) is 3.25. The molecule has 0 amide bonds. The Morgan fingerprint density at radius 3 is 2.28 bits per heavy atom. The third-order valence-corrected chi connectivity index (χ3v) is 5.11. The number of methoxy groups -OCH3 is 2. The molecule has 130 valence electrons. The molecule has 2 aromatic rings. The second kappa shape index (κ2) is 7.58. The molecule has 1 fully saturated rings. The quantitative estimate of drug-likeness (QED) is 0.834. The maximum Gasteiger partial charge on any atom is 0.161 e. The molecular weight excluding hydrogens is 312 g/mol. The fourth-order valence-electron chi connectivity index (χ4n) is 3.53. The van der Waals surface area contributed by atoms with Crippen molar-refractivity contribution in [1.82, 2.24) is 4.90 Å². The van der Waals surface area contributed by atoms with Crippen molar-refractivity contribution in [1.29, 1.82) is 5.26 Å². The van der Waals surface area contributed by atoms with E-state index in [0.29, 0.717) is 11.5 Å². The first kappa shape index (κ1) is 17.3. The summed E-state index contributed by atoms with van der Waals surface area (Å²) in [4.78, 5) is 2.42. The zero-order chi connectivity index (χ0) is 17.7. The van der Waals surface area contributed by atoms with Crippen LogP contribution in [0, 0.1) is 11.3 Å². The summed E-state index contributed by atoms with van der Waals surface area (Å²) in [6, 6.07) is 18.9. The van der Waals surface area contributed by atoms with Crippen LogP contribution in [0.15, 0.2) is 48.5 Å². The van der Waals surface area contributed by atoms with Crippen molar-refractivity contribution in [3.63, 3.8) is 0 Å². The van der Waals surface area contributed by atoms with Gasteiger partial charge in [-0.25, -0.2) is 0 Å². The highest BCUT2D eigenvalue weighted by Gasteiger charge is 2.37. The van der Waals surface area contributed by atoms with Crippen LogP contribution < -0.4 is 9.47 Å². The van der Waals surface area contributed by atoms with Gasteiger partial charge in [0.15, 0.2) is 11.5 Å². The molecular formula is C21H24N2O2. The summed E-state index contributed by atoms with van der Waals surface area (Å²) in [6.07, 6.45) is 1.65. The highest BCUT2D eigenvalue weighted by molar-refractivity contribution is 5.47. The van der Waals surface area contributed by atoms with E-state index in [1.54, 1.807) is 14.2 Å². The third kappa shape index (κ3) is 3.62. The van der Waals surface area contributed by atoms with Crippen molar-refractivity contribution in [3.05, 3.63) is 59.7 Å². The van der Waals surface area contributed by atoms with Gasteiger partial charge >= 0.3 is 0 Å². The van der Waals surface area contributed by atoms with Crippen molar-refractivity contribution < 1.29 is 9.47 Å². The zero-order valence-electron chi connectivity index (χ0n) is 14.9. The zero-order valence-corrected chi connectivity index (χ0v) is 14.9. The number of ether oxygens (including phenoxy) is 2. The van der Waals surface area contributed by atoms with Gasteiger partial charge in [-0.3, -0.25) is 4.90 Å². The highest BCUT2D eigenvalue weighted by atomic mass is 16.5. The number of likely N-dealkylation sites (tertiary alicyclic amines) is 1. The van der Waals surface area contributed by atoms with Crippen LogP contribution in [-0.2, 0) is 12.0 Å². The van der Waals surface area contributed by atoms with Gasteiger partial charge in [0, 0.05) is 19.6 Å². The van der Waals surface area contributed by atoms with Crippen LogP contribution >= 0.6 is 0 Å². The second-order valence-corrected chi connectivity index (χ2v) is 6.53. The van der Waals surface area contributed by atoms with Gasteiger partial charge in [0.05, 0.1) is 25.7 Å². The van der Waals surface area contributed by atoms with Gasteiger partial charge in [0.2, 0.25) is 0 Å². The molecule has 0 unspecified atom stereocenters. The van der Waals surface area contributed by atoms with Crippen LogP contribution in [0.2, 0.25) is 0 Å². The van der Waals surface area contributed by atoms with E-state index in [0.717, 1.165) is 38.0 Å². The minimum absolute atomic E-state index is 0.452. The van der Waals surface area contributed by atoms with Crippen LogP contribution in [0.3, 0.4) is 0 Å². The Kier molecular flexibility index (Phi) is 5.25. The molecule has 1 aliphatic heterocycles. The van der Waals surface area contributed by atoms with Gasteiger partial charge < -0.3 is 9.47 Å². The van der Waals surface area contributed by atoms with E-state index in [2.05, 4.69) is 35.2 Å². The van der Waals surface area contributed by atoms with Crippen molar-refractivity contribution in [3.8, 4) is 17.6 Å². The van der Waals surface area contributed by atoms with E-state index < -0.39 is 5.41 Å². The normalized spacial score (nSPS) is 16.8. The number of nitrogens with zero attached hydrogens (tertiary/aromatic N) is 2. The van der Waals surface area contributed by atoms with Crippen LogP contribution in [0.25, 0.3) is 0 Å². The summed E-state index contributed by atoms with van der Waals surface area (Å²) in [5.74, 6) is 1.38. The van der Waals surface area contributed by atoms with Crippen LogP contribution in [-0.4, -0.2) is 32.2 Å². The third-order valence-electron chi connectivity index (χ3n) is 5.11. The van der Waals surface area contributed by atoms with Crippen molar-refractivity contribution in [2.24, 2.45) is 0 Å². The maximum absolute atomic E-state index is 9.92. The second-order valence-electron chi connectivity index (χ2n) is 6.53. The monoisotopic (exact) mass is 336 g/mol. The van der Waals surface area contributed by atoms with Crippen molar-refractivity contribution in [2.75, 3.05) is 27.3 Å². The van der Waals surface area contributed by atoms with Gasteiger partial charge in [-0.15, -0.1) is 0 Å². The highest BCUT2D eigenvalue weighted by Crippen LogP contribution is 2.39. The average Bonchev–Trinajstić information content (AvgIpc) is 2.69. The lowest BCUT2D eigenvalue weighted by molar-refractivity contribution is 0.179. The Labute approximate surface area is 149 Å². The molecule has 4 nitrogen and oxygen atoms in total. The van der Waals surface area contributed by atoms with Crippen LogP contribution in [0.5, 0.6) is 11.5 Å². The lowest BCUT2D eigenvalue weighted by atomic mass is 9.74. The first-order valence-electron chi connectivity index (χ1n) is 8.61. The predicted octanol–water partition coefficient (Wildman–Crippen LogP) is 3.76. The Balaban J connectivity index is 1.74. The number of hydrogen-bond acceptors (Lipinski definition) is 4. The summed E-state index contributed by atoms with van der Waals surface area (Å²) >= 11 is 0. The predicted molar refractivity (Wildman–Crippen MR) is 97.8 cm³/mol. The Morgan fingerprint density at radius 2 is 1.68 bits per heavy atom. The number of hydrogen-bond donors (Lipinski definition) is 0. The fourth-order valence-corrected chi connectivity index (χ4v) is 3.53. The van der Waals surface area contributed by atoms with Gasteiger partial charge in [-0.2, -0.15) is 5.26 Å². The topological polar surface area (TPSA) is 45.5 Å². The largest absolute Gasteiger partial charge is 0.493 e. The van der Waals surface area contributed by atoms with Gasteiger partial charge in [-0.05, 0) is 36.1 Å². The van der Waals surface area contributed by atoms with E-state index >= 15 is 0 Å². The van der Waals surface area contributed by atoms with Crippen molar-refractivity contribution in [2.45, 2.75) is 24.8 Å². The number of benzene rings is 2. The molecule has 0 aliphatic carbocycles. The molecule has 0 atom stereocenters.